The minimum atomic E-state index is -1.01. The number of aliphatic hydroxyl groups is 1. The van der Waals surface area contributed by atoms with Crippen molar-refractivity contribution >= 4 is 5.97 Å². The lowest BCUT2D eigenvalue weighted by molar-refractivity contribution is -0.144. The van der Waals surface area contributed by atoms with Crippen molar-refractivity contribution in [3.63, 3.8) is 0 Å². The van der Waals surface area contributed by atoms with Gasteiger partial charge in [0.05, 0.1) is 6.61 Å². The highest BCUT2D eigenvalue weighted by Crippen LogP contribution is 2.18. The van der Waals surface area contributed by atoms with Crippen molar-refractivity contribution in [2.45, 2.75) is 26.6 Å². The molecule has 1 unspecified atom stereocenters. The number of rotatable bonds is 4. The number of benzene rings is 1. The van der Waals surface area contributed by atoms with Crippen LogP contribution in [0.5, 0.6) is 5.75 Å². The molecular formula is C11H14O4. The molecule has 0 aliphatic rings. The van der Waals surface area contributed by atoms with Gasteiger partial charge in [-0.1, -0.05) is 6.07 Å². The number of carbonyl (C=O) groups is 1. The third kappa shape index (κ3) is 2.95. The van der Waals surface area contributed by atoms with Gasteiger partial charge in [0.1, 0.15) is 5.75 Å². The average Bonchev–Trinajstić information content (AvgIpc) is 2.20. The summed E-state index contributed by atoms with van der Waals surface area (Å²) in [5.74, 6) is -0.555. The Morgan fingerprint density at radius 3 is 2.73 bits per heavy atom. The van der Waals surface area contributed by atoms with Crippen LogP contribution >= 0.6 is 0 Å². The molecule has 0 aromatic heterocycles. The maximum atomic E-state index is 10.6. The van der Waals surface area contributed by atoms with E-state index in [4.69, 9.17) is 14.9 Å². The van der Waals surface area contributed by atoms with Crippen molar-refractivity contribution in [3.8, 4) is 5.75 Å². The van der Waals surface area contributed by atoms with Crippen molar-refractivity contribution in [1.82, 2.24) is 0 Å². The van der Waals surface area contributed by atoms with Crippen molar-refractivity contribution < 1.29 is 19.7 Å². The predicted octanol–water partition coefficient (Wildman–Crippen LogP) is 1.34. The molecule has 0 radical (unpaired) electrons. The lowest BCUT2D eigenvalue weighted by atomic mass is 10.1. The Kier molecular flexibility index (Phi) is 3.68. The van der Waals surface area contributed by atoms with Gasteiger partial charge >= 0.3 is 5.97 Å². The zero-order valence-electron chi connectivity index (χ0n) is 8.73. The van der Waals surface area contributed by atoms with Crippen LogP contribution in [-0.4, -0.2) is 22.3 Å². The molecule has 1 rings (SSSR count). The molecule has 0 saturated carbocycles. The van der Waals surface area contributed by atoms with Crippen LogP contribution in [0.15, 0.2) is 18.2 Å². The Labute approximate surface area is 88.1 Å². The maximum absolute atomic E-state index is 10.6. The van der Waals surface area contributed by atoms with E-state index in [1.807, 2.05) is 6.92 Å². The highest BCUT2D eigenvalue weighted by Gasteiger charge is 2.12. The number of aliphatic carboxylic acids is 1. The van der Waals surface area contributed by atoms with E-state index in [-0.39, 0.29) is 6.61 Å². The van der Waals surface area contributed by atoms with Crippen LogP contribution in [0, 0.1) is 6.92 Å². The molecule has 0 heterocycles. The van der Waals surface area contributed by atoms with Gasteiger partial charge in [-0.2, -0.15) is 0 Å². The van der Waals surface area contributed by atoms with E-state index in [0.29, 0.717) is 5.75 Å². The summed E-state index contributed by atoms with van der Waals surface area (Å²) in [4.78, 5) is 10.6. The zero-order valence-corrected chi connectivity index (χ0v) is 8.73. The normalized spacial score (nSPS) is 12.2. The molecule has 0 amide bonds. The Balaban J connectivity index is 2.83. The Bertz CT molecular complexity index is 360. The summed E-state index contributed by atoms with van der Waals surface area (Å²) in [5.41, 5.74) is 1.69. The van der Waals surface area contributed by atoms with Crippen LogP contribution in [0.4, 0.5) is 0 Å². The molecule has 0 fully saturated rings. The molecule has 0 saturated heterocycles. The minimum Gasteiger partial charge on any atom is -0.479 e. The Hall–Kier alpha value is -1.55. The monoisotopic (exact) mass is 210 g/mol. The number of carboxylic acid groups (broad SMARTS) is 1. The van der Waals surface area contributed by atoms with Gasteiger partial charge in [0.15, 0.2) is 6.10 Å². The predicted molar refractivity (Wildman–Crippen MR) is 54.8 cm³/mol. The standard InChI is InChI=1S/C11H14O4/c1-7-3-4-10(5-9(7)6-12)15-8(2)11(13)14/h3-5,8,12H,6H2,1-2H3,(H,13,14). The van der Waals surface area contributed by atoms with Gasteiger partial charge < -0.3 is 14.9 Å². The first-order valence-electron chi connectivity index (χ1n) is 4.64. The van der Waals surface area contributed by atoms with Crippen LogP contribution in [0.2, 0.25) is 0 Å². The summed E-state index contributed by atoms with van der Waals surface area (Å²) in [5, 5.41) is 17.7. The molecule has 2 N–H and O–H groups in total. The van der Waals surface area contributed by atoms with E-state index < -0.39 is 12.1 Å². The fourth-order valence-electron chi connectivity index (χ4n) is 1.15. The largest absolute Gasteiger partial charge is 0.479 e. The Morgan fingerprint density at radius 2 is 2.20 bits per heavy atom. The van der Waals surface area contributed by atoms with E-state index in [1.165, 1.54) is 6.92 Å². The van der Waals surface area contributed by atoms with Gasteiger partial charge in [-0.15, -0.1) is 0 Å². The first-order chi connectivity index (χ1) is 7.04. The summed E-state index contributed by atoms with van der Waals surface area (Å²) in [6.45, 7) is 3.25. The van der Waals surface area contributed by atoms with E-state index in [1.54, 1.807) is 18.2 Å². The lowest BCUT2D eigenvalue weighted by Crippen LogP contribution is -2.22. The van der Waals surface area contributed by atoms with Gasteiger partial charge in [0.2, 0.25) is 0 Å². The smallest absolute Gasteiger partial charge is 0.344 e. The number of carboxylic acids is 1. The van der Waals surface area contributed by atoms with Crippen LogP contribution in [0.25, 0.3) is 0 Å². The van der Waals surface area contributed by atoms with E-state index in [0.717, 1.165) is 11.1 Å². The van der Waals surface area contributed by atoms with Gasteiger partial charge in [-0.3, -0.25) is 0 Å². The second-order valence-corrected chi connectivity index (χ2v) is 3.34. The molecule has 0 spiro atoms. The molecule has 0 aliphatic heterocycles. The topological polar surface area (TPSA) is 66.8 Å². The lowest BCUT2D eigenvalue weighted by Gasteiger charge is -2.12. The van der Waals surface area contributed by atoms with Gasteiger partial charge in [-0.05, 0) is 37.1 Å². The summed E-state index contributed by atoms with van der Waals surface area (Å²) in [6.07, 6.45) is -0.890. The number of aryl methyl sites for hydroxylation is 1. The van der Waals surface area contributed by atoms with Crippen LogP contribution < -0.4 is 4.74 Å². The number of hydrogen-bond donors (Lipinski definition) is 2. The maximum Gasteiger partial charge on any atom is 0.344 e. The zero-order chi connectivity index (χ0) is 11.4. The quantitative estimate of drug-likeness (QED) is 0.787. The first kappa shape index (κ1) is 11.5. The number of aliphatic hydroxyl groups excluding tert-OH is 1. The van der Waals surface area contributed by atoms with E-state index in [2.05, 4.69) is 0 Å². The molecule has 82 valence electrons. The van der Waals surface area contributed by atoms with Crippen LogP contribution in [0.3, 0.4) is 0 Å². The average molecular weight is 210 g/mol. The minimum absolute atomic E-state index is 0.0789. The summed E-state index contributed by atoms with van der Waals surface area (Å²) >= 11 is 0. The first-order valence-corrected chi connectivity index (χ1v) is 4.64. The molecule has 4 heteroatoms. The molecule has 1 aromatic rings. The van der Waals surface area contributed by atoms with Crippen LogP contribution in [-0.2, 0) is 11.4 Å². The molecule has 1 atom stereocenters. The van der Waals surface area contributed by atoms with Gasteiger partial charge in [0.25, 0.3) is 0 Å². The third-order valence-electron chi connectivity index (χ3n) is 2.15. The number of hydrogen-bond acceptors (Lipinski definition) is 3. The Morgan fingerprint density at radius 1 is 1.53 bits per heavy atom. The highest BCUT2D eigenvalue weighted by atomic mass is 16.5. The van der Waals surface area contributed by atoms with E-state index in [9.17, 15) is 4.79 Å². The highest BCUT2D eigenvalue weighted by molar-refractivity contribution is 5.72. The van der Waals surface area contributed by atoms with Crippen molar-refractivity contribution in [1.29, 1.82) is 0 Å². The van der Waals surface area contributed by atoms with Crippen molar-refractivity contribution in [3.05, 3.63) is 29.3 Å². The molecule has 4 nitrogen and oxygen atoms in total. The third-order valence-corrected chi connectivity index (χ3v) is 2.15. The molecule has 1 aromatic carbocycles. The fourth-order valence-corrected chi connectivity index (χ4v) is 1.15. The van der Waals surface area contributed by atoms with Crippen LogP contribution in [0.1, 0.15) is 18.1 Å². The molecule has 0 bridgehead atoms. The molecule has 15 heavy (non-hydrogen) atoms. The SMILES string of the molecule is Cc1ccc(OC(C)C(=O)O)cc1CO. The van der Waals surface area contributed by atoms with Crippen molar-refractivity contribution in [2.75, 3.05) is 0 Å². The fraction of sp³-hybridized carbons (Fsp3) is 0.364. The second kappa shape index (κ2) is 4.79. The molecule has 0 aliphatic carbocycles. The summed E-state index contributed by atoms with van der Waals surface area (Å²) in [7, 11) is 0. The summed E-state index contributed by atoms with van der Waals surface area (Å²) < 4.78 is 5.16. The van der Waals surface area contributed by atoms with Gasteiger partial charge in [0, 0.05) is 0 Å². The van der Waals surface area contributed by atoms with Gasteiger partial charge in [-0.25, -0.2) is 4.79 Å². The number of ether oxygens (including phenoxy) is 1. The second-order valence-electron chi connectivity index (χ2n) is 3.34. The molecular weight excluding hydrogens is 196 g/mol. The van der Waals surface area contributed by atoms with E-state index >= 15 is 0 Å². The van der Waals surface area contributed by atoms with Crippen molar-refractivity contribution in [2.24, 2.45) is 0 Å². The summed E-state index contributed by atoms with van der Waals surface area (Å²) in [6, 6.07) is 5.12.